The molecule has 0 aromatic heterocycles. The molecular formula is C11H24N2O2. The van der Waals surface area contributed by atoms with Gasteiger partial charge < -0.3 is 15.8 Å². The van der Waals surface area contributed by atoms with Gasteiger partial charge in [-0.3, -0.25) is 0 Å². The number of amides is 1. The van der Waals surface area contributed by atoms with Crippen molar-refractivity contribution in [3.8, 4) is 0 Å². The zero-order valence-electron chi connectivity index (χ0n) is 10.3. The van der Waals surface area contributed by atoms with Gasteiger partial charge in [0.1, 0.15) is 0 Å². The first-order valence-electron chi connectivity index (χ1n) is 5.63. The number of nitrogens with one attached hydrogen (secondary N) is 1. The fourth-order valence-corrected chi connectivity index (χ4v) is 1.04. The highest BCUT2D eigenvalue weighted by Crippen LogP contribution is 2.09. The minimum Gasteiger partial charge on any atom is -0.449 e. The Bertz CT molecular complexity index is 189. The second-order valence-electron chi connectivity index (χ2n) is 4.42. The van der Waals surface area contributed by atoms with Gasteiger partial charge in [-0.05, 0) is 18.8 Å². The third kappa shape index (κ3) is 6.33. The van der Waals surface area contributed by atoms with E-state index in [9.17, 15) is 4.79 Å². The Morgan fingerprint density at radius 1 is 1.40 bits per heavy atom. The summed E-state index contributed by atoms with van der Waals surface area (Å²) < 4.78 is 4.98. The highest BCUT2D eigenvalue weighted by atomic mass is 16.5. The van der Waals surface area contributed by atoms with Gasteiger partial charge in [-0.15, -0.1) is 0 Å². The number of carbonyl (C=O) groups is 1. The number of rotatable bonds is 6. The topological polar surface area (TPSA) is 64.3 Å². The van der Waals surface area contributed by atoms with Crippen molar-refractivity contribution in [1.82, 2.24) is 5.32 Å². The lowest BCUT2D eigenvalue weighted by Gasteiger charge is -2.26. The van der Waals surface area contributed by atoms with Crippen molar-refractivity contribution in [1.29, 1.82) is 0 Å². The van der Waals surface area contributed by atoms with Gasteiger partial charge in [0.05, 0.1) is 6.61 Å². The molecule has 90 valence electrons. The molecule has 0 aromatic rings. The summed E-state index contributed by atoms with van der Waals surface area (Å²) in [7, 11) is 0. The molecule has 3 N–H and O–H groups in total. The second kappa shape index (κ2) is 6.67. The number of hydrogen-bond acceptors (Lipinski definition) is 3. The predicted molar refractivity (Wildman–Crippen MR) is 61.7 cm³/mol. The monoisotopic (exact) mass is 216 g/mol. The van der Waals surface area contributed by atoms with Gasteiger partial charge in [0, 0.05) is 12.1 Å². The molecule has 0 aliphatic heterocycles. The van der Waals surface area contributed by atoms with Crippen LogP contribution in [0.4, 0.5) is 4.79 Å². The van der Waals surface area contributed by atoms with Gasteiger partial charge in [0.25, 0.3) is 0 Å². The summed E-state index contributed by atoms with van der Waals surface area (Å²) >= 11 is 0. The van der Waals surface area contributed by atoms with Crippen LogP contribution >= 0.6 is 0 Å². The Balaban J connectivity index is 3.79. The van der Waals surface area contributed by atoms with Gasteiger partial charge in [-0.1, -0.05) is 27.7 Å². The molecule has 0 aromatic carbocycles. The molecule has 4 nitrogen and oxygen atoms in total. The summed E-state index contributed by atoms with van der Waals surface area (Å²) in [5.74, 6) is 0.357. The molecular weight excluding hydrogens is 192 g/mol. The standard InChI is InChI=1S/C11H24N2O2/c1-5-11(12,6-2)8-13-10(14)15-7-9(3)4/h9H,5-8,12H2,1-4H3,(H,13,14). The number of carbonyl (C=O) groups excluding carboxylic acids is 1. The van der Waals surface area contributed by atoms with Crippen molar-refractivity contribution in [2.24, 2.45) is 11.7 Å². The molecule has 15 heavy (non-hydrogen) atoms. The van der Waals surface area contributed by atoms with E-state index < -0.39 is 0 Å². The predicted octanol–water partition coefficient (Wildman–Crippen LogP) is 1.89. The van der Waals surface area contributed by atoms with Crippen LogP contribution in [0, 0.1) is 5.92 Å². The molecule has 0 saturated heterocycles. The Kier molecular flexibility index (Phi) is 6.32. The van der Waals surface area contributed by atoms with E-state index in [0.717, 1.165) is 12.8 Å². The van der Waals surface area contributed by atoms with Gasteiger partial charge >= 0.3 is 6.09 Å². The first-order chi connectivity index (χ1) is 6.93. The van der Waals surface area contributed by atoms with Crippen LogP contribution in [0.5, 0.6) is 0 Å². The Morgan fingerprint density at radius 2 is 1.93 bits per heavy atom. The molecule has 0 aliphatic carbocycles. The minimum atomic E-state index is -0.375. The van der Waals surface area contributed by atoms with Gasteiger partial charge in [0.15, 0.2) is 0 Å². The molecule has 1 amide bonds. The van der Waals surface area contributed by atoms with Gasteiger partial charge in [-0.2, -0.15) is 0 Å². The first kappa shape index (κ1) is 14.2. The van der Waals surface area contributed by atoms with Crippen molar-refractivity contribution in [2.45, 2.75) is 46.1 Å². The van der Waals surface area contributed by atoms with Crippen LogP contribution in [0.2, 0.25) is 0 Å². The third-order valence-electron chi connectivity index (χ3n) is 2.54. The fourth-order valence-electron chi connectivity index (χ4n) is 1.04. The van der Waals surface area contributed by atoms with E-state index in [0.29, 0.717) is 19.1 Å². The van der Waals surface area contributed by atoms with Crippen LogP contribution in [0.15, 0.2) is 0 Å². The Hall–Kier alpha value is -0.770. The van der Waals surface area contributed by atoms with Gasteiger partial charge in [0.2, 0.25) is 0 Å². The van der Waals surface area contributed by atoms with Crippen LogP contribution in [0.25, 0.3) is 0 Å². The summed E-state index contributed by atoms with van der Waals surface area (Å²) in [4.78, 5) is 11.2. The normalized spacial score (nSPS) is 11.6. The molecule has 0 heterocycles. The Morgan fingerprint density at radius 3 is 2.33 bits per heavy atom. The molecule has 0 radical (unpaired) electrons. The van der Waals surface area contributed by atoms with Crippen LogP contribution in [-0.2, 0) is 4.74 Å². The molecule has 0 aliphatic rings. The molecule has 0 bridgehead atoms. The summed E-state index contributed by atoms with van der Waals surface area (Å²) in [6.45, 7) is 8.95. The van der Waals surface area contributed by atoms with Crippen LogP contribution in [0.3, 0.4) is 0 Å². The van der Waals surface area contributed by atoms with E-state index in [-0.39, 0.29) is 11.6 Å². The fraction of sp³-hybridized carbons (Fsp3) is 0.909. The third-order valence-corrected chi connectivity index (χ3v) is 2.54. The van der Waals surface area contributed by atoms with Crippen molar-refractivity contribution >= 4 is 6.09 Å². The quantitative estimate of drug-likeness (QED) is 0.712. The zero-order valence-corrected chi connectivity index (χ0v) is 10.3. The largest absolute Gasteiger partial charge is 0.449 e. The van der Waals surface area contributed by atoms with E-state index in [2.05, 4.69) is 5.32 Å². The zero-order chi connectivity index (χ0) is 11.9. The lowest BCUT2D eigenvalue weighted by Crippen LogP contribution is -2.49. The first-order valence-corrected chi connectivity index (χ1v) is 5.63. The second-order valence-corrected chi connectivity index (χ2v) is 4.42. The average molecular weight is 216 g/mol. The van der Waals surface area contributed by atoms with Crippen molar-refractivity contribution in [3.63, 3.8) is 0 Å². The molecule has 0 fully saturated rings. The maximum absolute atomic E-state index is 11.2. The molecule has 0 atom stereocenters. The highest BCUT2D eigenvalue weighted by Gasteiger charge is 2.21. The number of alkyl carbamates (subject to hydrolysis) is 1. The maximum Gasteiger partial charge on any atom is 0.407 e. The summed E-state index contributed by atoms with van der Waals surface area (Å²) in [5, 5.41) is 2.69. The lowest BCUT2D eigenvalue weighted by molar-refractivity contribution is 0.130. The van der Waals surface area contributed by atoms with E-state index in [1.165, 1.54) is 0 Å². The van der Waals surface area contributed by atoms with Crippen molar-refractivity contribution in [3.05, 3.63) is 0 Å². The van der Waals surface area contributed by atoms with Crippen LogP contribution in [0.1, 0.15) is 40.5 Å². The number of nitrogens with two attached hydrogens (primary N) is 1. The Labute approximate surface area is 92.6 Å². The number of ether oxygens (including phenoxy) is 1. The van der Waals surface area contributed by atoms with E-state index >= 15 is 0 Å². The van der Waals surface area contributed by atoms with E-state index in [4.69, 9.17) is 10.5 Å². The van der Waals surface area contributed by atoms with Crippen molar-refractivity contribution in [2.75, 3.05) is 13.2 Å². The van der Waals surface area contributed by atoms with E-state index in [1.54, 1.807) is 0 Å². The van der Waals surface area contributed by atoms with Crippen molar-refractivity contribution < 1.29 is 9.53 Å². The maximum atomic E-state index is 11.2. The molecule has 0 saturated carbocycles. The van der Waals surface area contributed by atoms with Crippen LogP contribution in [-0.4, -0.2) is 24.8 Å². The highest BCUT2D eigenvalue weighted by molar-refractivity contribution is 5.67. The summed E-state index contributed by atoms with van der Waals surface area (Å²) in [6, 6.07) is 0. The summed E-state index contributed by atoms with van der Waals surface area (Å²) in [5.41, 5.74) is 5.72. The van der Waals surface area contributed by atoms with Crippen LogP contribution < -0.4 is 11.1 Å². The lowest BCUT2D eigenvalue weighted by atomic mass is 9.94. The van der Waals surface area contributed by atoms with Gasteiger partial charge in [-0.25, -0.2) is 4.79 Å². The summed E-state index contributed by atoms with van der Waals surface area (Å²) in [6.07, 6.45) is 1.31. The minimum absolute atomic E-state index is 0.309. The number of hydrogen-bond donors (Lipinski definition) is 2. The average Bonchev–Trinajstić information content (AvgIpc) is 2.23. The molecule has 0 spiro atoms. The SMILES string of the molecule is CCC(N)(CC)CNC(=O)OCC(C)C. The molecule has 0 unspecified atom stereocenters. The van der Waals surface area contributed by atoms with E-state index in [1.807, 2.05) is 27.7 Å². The molecule has 4 heteroatoms. The molecule has 0 rings (SSSR count). The smallest absolute Gasteiger partial charge is 0.407 e.